The van der Waals surface area contributed by atoms with Crippen molar-refractivity contribution >= 4 is 23.3 Å². The molecule has 1 fully saturated rings. The lowest BCUT2D eigenvalue weighted by molar-refractivity contribution is -0.137. The molecule has 0 radical (unpaired) electrons. The molecule has 0 aliphatic carbocycles. The number of nitrogens with one attached hydrogen (secondary N) is 1. The minimum Gasteiger partial charge on any atom is -0.314 e. The molecule has 3 heterocycles. The summed E-state index contributed by atoms with van der Waals surface area (Å²) < 4.78 is 52.5. The van der Waals surface area contributed by atoms with Gasteiger partial charge >= 0.3 is 12.2 Å². The van der Waals surface area contributed by atoms with Crippen LogP contribution in [0.15, 0.2) is 24.5 Å². The Kier molecular flexibility index (Phi) is 4.21. The van der Waals surface area contributed by atoms with Gasteiger partial charge in [-0.05, 0) is 42.5 Å². The van der Waals surface area contributed by atoms with Crippen molar-refractivity contribution in [2.24, 2.45) is 0 Å². The summed E-state index contributed by atoms with van der Waals surface area (Å²) in [5, 5.41) is 9.39. The highest BCUT2D eigenvalue weighted by atomic mass is 35.5. The Morgan fingerprint density at radius 2 is 1.96 bits per heavy atom. The van der Waals surface area contributed by atoms with Gasteiger partial charge in [0.1, 0.15) is 5.82 Å². The minimum atomic E-state index is -4.78. The molecule has 10 heteroatoms. The summed E-state index contributed by atoms with van der Waals surface area (Å²) >= 11 is 5.63. The summed E-state index contributed by atoms with van der Waals surface area (Å²) in [6.45, 7) is 0. The largest absolute Gasteiger partial charge is 0.417 e. The molecule has 2 aliphatic rings. The average molecular weight is 401 g/mol. The molecule has 2 aromatic rings. The van der Waals surface area contributed by atoms with E-state index in [1.807, 2.05) is 0 Å². The highest BCUT2D eigenvalue weighted by Crippen LogP contribution is 2.43. The lowest BCUT2D eigenvalue weighted by Gasteiger charge is -2.35. The molecule has 1 aromatic carbocycles. The Labute approximate surface area is 156 Å². The van der Waals surface area contributed by atoms with Crippen molar-refractivity contribution in [2.75, 3.05) is 5.32 Å². The van der Waals surface area contributed by atoms with Crippen molar-refractivity contribution in [3.63, 3.8) is 0 Å². The van der Waals surface area contributed by atoms with Crippen LogP contribution in [-0.4, -0.2) is 27.2 Å². The van der Waals surface area contributed by atoms with Gasteiger partial charge in [-0.15, -0.1) is 0 Å². The molecule has 5 nitrogen and oxygen atoms in total. The van der Waals surface area contributed by atoms with Crippen molar-refractivity contribution in [1.29, 1.82) is 0 Å². The molecule has 1 N–H and O–H groups in total. The Balaban J connectivity index is 1.60. The van der Waals surface area contributed by atoms with Crippen LogP contribution in [0.2, 0.25) is 5.02 Å². The summed E-state index contributed by atoms with van der Waals surface area (Å²) in [5.41, 5.74) is 0.228. The van der Waals surface area contributed by atoms with Gasteiger partial charge in [0.25, 0.3) is 0 Å². The van der Waals surface area contributed by atoms with Crippen molar-refractivity contribution in [3.05, 3.63) is 52.1 Å². The first-order valence-electron chi connectivity index (χ1n) is 8.20. The van der Waals surface area contributed by atoms with Gasteiger partial charge in [0.2, 0.25) is 0 Å². The first-order valence-corrected chi connectivity index (χ1v) is 8.58. The van der Waals surface area contributed by atoms with E-state index in [2.05, 4.69) is 15.5 Å². The number of hydrogen-bond donors (Lipinski definition) is 1. The molecule has 2 aliphatic heterocycles. The van der Waals surface area contributed by atoms with Crippen LogP contribution in [0.4, 0.5) is 28.0 Å². The molecule has 142 valence electrons. The maximum atomic E-state index is 14.1. The van der Waals surface area contributed by atoms with Crippen LogP contribution in [0.25, 0.3) is 0 Å². The topological polar surface area (TPSA) is 58.1 Å². The van der Waals surface area contributed by atoms with E-state index in [-0.39, 0.29) is 18.2 Å². The van der Waals surface area contributed by atoms with Gasteiger partial charge < -0.3 is 10.2 Å². The van der Waals surface area contributed by atoms with Gasteiger partial charge in [0.05, 0.1) is 34.7 Å². The van der Waals surface area contributed by atoms with Gasteiger partial charge in [0, 0.05) is 6.04 Å². The van der Waals surface area contributed by atoms with Crippen LogP contribution in [0.3, 0.4) is 0 Å². The second-order valence-corrected chi connectivity index (χ2v) is 6.98. The number of halogens is 5. The fourth-order valence-corrected chi connectivity index (χ4v) is 4.09. The molecule has 0 saturated carbocycles. The summed E-state index contributed by atoms with van der Waals surface area (Å²) in [4.78, 5) is 14.3. The van der Waals surface area contributed by atoms with Crippen LogP contribution in [-0.2, 0) is 12.6 Å². The van der Waals surface area contributed by atoms with E-state index in [0.29, 0.717) is 6.42 Å². The molecule has 2 bridgehead atoms. The average Bonchev–Trinajstić information content (AvgIpc) is 2.92. The van der Waals surface area contributed by atoms with E-state index >= 15 is 0 Å². The van der Waals surface area contributed by atoms with Crippen LogP contribution in [0.5, 0.6) is 0 Å². The molecule has 27 heavy (non-hydrogen) atoms. The molecular weight excluding hydrogens is 388 g/mol. The molecule has 2 amide bonds. The zero-order valence-corrected chi connectivity index (χ0v) is 14.5. The minimum absolute atomic E-state index is 0.0836. The normalized spacial score (nSPS) is 21.1. The Bertz CT molecular complexity index is 920. The molecular formula is C17H13ClF4N4O. The number of rotatable bonds is 1. The van der Waals surface area contributed by atoms with E-state index in [1.54, 1.807) is 17.3 Å². The number of benzene rings is 1. The van der Waals surface area contributed by atoms with E-state index in [1.165, 1.54) is 0 Å². The number of nitrogens with zero attached hydrogens (tertiary/aromatic N) is 3. The third-order valence-electron chi connectivity index (χ3n) is 5.00. The van der Waals surface area contributed by atoms with E-state index < -0.39 is 34.3 Å². The summed E-state index contributed by atoms with van der Waals surface area (Å²) in [7, 11) is 0. The number of alkyl halides is 3. The van der Waals surface area contributed by atoms with E-state index in [9.17, 15) is 22.4 Å². The number of hydrogen-bond acceptors (Lipinski definition) is 3. The van der Waals surface area contributed by atoms with Gasteiger partial charge in [-0.1, -0.05) is 11.6 Å². The number of carbonyl (C=O) groups is 1. The molecule has 2 unspecified atom stereocenters. The molecule has 2 atom stereocenters. The Morgan fingerprint density at radius 1 is 1.22 bits per heavy atom. The van der Waals surface area contributed by atoms with Crippen LogP contribution >= 0.6 is 11.6 Å². The third kappa shape index (κ3) is 3.09. The highest BCUT2D eigenvalue weighted by molar-refractivity contribution is 6.31. The number of fused-ring (bicyclic) bond motifs is 4. The van der Waals surface area contributed by atoms with Gasteiger partial charge in [0.15, 0.2) is 0 Å². The second kappa shape index (κ2) is 6.33. The first kappa shape index (κ1) is 18.0. The monoisotopic (exact) mass is 400 g/mol. The Hall–Kier alpha value is -2.42. The molecule has 1 aromatic heterocycles. The molecule has 0 spiro atoms. The quantitative estimate of drug-likeness (QED) is 0.713. The van der Waals surface area contributed by atoms with Crippen molar-refractivity contribution in [3.8, 4) is 0 Å². The zero-order chi connectivity index (χ0) is 19.3. The highest BCUT2D eigenvalue weighted by Gasteiger charge is 2.43. The lowest BCUT2D eigenvalue weighted by Crippen LogP contribution is -2.44. The fourth-order valence-electron chi connectivity index (χ4n) is 3.82. The number of anilines is 1. The van der Waals surface area contributed by atoms with Gasteiger partial charge in [-0.3, -0.25) is 0 Å². The Morgan fingerprint density at radius 3 is 2.70 bits per heavy atom. The predicted octanol–water partition coefficient (Wildman–Crippen LogP) is 4.58. The lowest BCUT2D eigenvalue weighted by atomic mass is 9.97. The standard InChI is InChI=1S/C17H13ClF4N4O/c18-12-5-14(13(19)4-11(12)17(20,21)22)25-16(27)26-9-1-2-15(26)10-7-24-23-6-8(10)3-9/h4-7,9,15H,1-3H2,(H,25,27). The number of urea groups is 1. The smallest absolute Gasteiger partial charge is 0.314 e. The number of carbonyl (C=O) groups excluding carboxylic acids is 1. The van der Waals surface area contributed by atoms with E-state index in [4.69, 9.17) is 11.6 Å². The summed E-state index contributed by atoms with van der Waals surface area (Å²) in [6, 6.07) is 0.179. The summed E-state index contributed by atoms with van der Waals surface area (Å²) in [6.07, 6.45) is 0.598. The third-order valence-corrected chi connectivity index (χ3v) is 5.32. The second-order valence-electron chi connectivity index (χ2n) is 6.57. The van der Waals surface area contributed by atoms with E-state index in [0.717, 1.165) is 30.0 Å². The maximum Gasteiger partial charge on any atom is 0.417 e. The first-order chi connectivity index (χ1) is 12.8. The number of amides is 2. The van der Waals surface area contributed by atoms with Crippen LogP contribution < -0.4 is 5.32 Å². The van der Waals surface area contributed by atoms with Crippen molar-refractivity contribution < 1.29 is 22.4 Å². The van der Waals surface area contributed by atoms with Gasteiger partial charge in [-0.25, -0.2) is 9.18 Å². The predicted molar refractivity (Wildman–Crippen MR) is 88.8 cm³/mol. The SMILES string of the molecule is O=C(Nc1cc(Cl)c(C(F)(F)F)cc1F)N1C2CCC1c1cnncc1C2. The maximum absolute atomic E-state index is 14.1. The fraction of sp³-hybridized carbons (Fsp3) is 0.353. The zero-order valence-electron chi connectivity index (χ0n) is 13.7. The molecule has 4 rings (SSSR count). The van der Waals surface area contributed by atoms with Crippen molar-refractivity contribution in [1.82, 2.24) is 15.1 Å². The number of aromatic nitrogens is 2. The molecule has 1 saturated heterocycles. The van der Waals surface area contributed by atoms with Crippen LogP contribution in [0.1, 0.15) is 35.6 Å². The van der Waals surface area contributed by atoms with Crippen LogP contribution in [0, 0.1) is 5.82 Å². The van der Waals surface area contributed by atoms with Gasteiger partial charge in [-0.2, -0.15) is 23.4 Å². The van der Waals surface area contributed by atoms with Crippen molar-refractivity contribution in [2.45, 2.75) is 37.5 Å². The summed E-state index contributed by atoms with van der Waals surface area (Å²) in [5.74, 6) is -1.20.